The molecule has 1 saturated carbocycles. The van der Waals surface area contributed by atoms with Crippen LogP contribution in [0.4, 0.5) is 0 Å². The highest BCUT2D eigenvalue weighted by atomic mass is 127. The summed E-state index contributed by atoms with van der Waals surface area (Å²) in [5, 5.41) is 4.48. The van der Waals surface area contributed by atoms with Gasteiger partial charge in [-0.25, -0.2) is 0 Å². The molecule has 1 aromatic rings. The lowest BCUT2D eigenvalue weighted by Crippen LogP contribution is -2.23. The van der Waals surface area contributed by atoms with Crippen LogP contribution in [0.1, 0.15) is 50.6 Å². The van der Waals surface area contributed by atoms with Gasteiger partial charge in [-0.2, -0.15) is 0 Å². The first-order valence-corrected chi connectivity index (χ1v) is 8.34. The molecule has 0 aliphatic heterocycles. The quantitative estimate of drug-likeness (QED) is 0.698. The van der Waals surface area contributed by atoms with Gasteiger partial charge >= 0.3 is 0 Å². The molecule has 0 saturated heterocycles. The first-order valence-electron chi connectivity index (χ1n) is 6.89. The van der Waals surface area contributed by atoms with Gasteiger partial charge in [-0.15, -0.1) is 0 Å². The van der Waals surface area contributed by atoms with Crippen molar-refractivity contribution in [3.63, 3.8) is 0 Å². The van der Waals surface area contributed by atoms with Crippen molar-refractivity contribution in [2.45, 2.75) is 45.1 Å². The first-order chi connectivity index (χ1) is 8.70. The molecule has 1 aliphatic carbocycles. The minimum absolute atomic E-state index is 0.462. The molecule has 1 nitrogen and oxygen atoms in total. The lowest BCUT2D eigenvalue weighted by atomic mass is 9.93. The Kier molecular flexibility index (Phi) is 5.77. The zero-order chi connectivity index (χ0) is 13.0. The van der Waals surface area contributed by atoms with E-state index in [1.807, 2.05) is 6.07 Å². The molecule has 0 spiro atoms. The van der Waals surface area contributed by atoms with Gasteiger partial charge in [0.05, 0.1) is 0 Å². The van der Waals surface area contributed by atoms with Crippen LogP contribution in [0.5, 0.6) is 0 Å². The van der Waals surface area contributed by atoms with E-state index in [4.69, 9.17) is 11.6 Å². The number of halogens is 2. The van der Waals surface area contributed by atoms with Gasteiger partial charge in [-0.1, -0.05) is 44.2 Å². The molecule has 0 bridgehead atoms. The molecule has 0 heterocycles. The molecule has 18 heavy (non-hydrogen) atoms. The van der Waals surface area contributed by atoms with E-state index in [0.717, 1.165) is 17.5 Å². The minimum Gasteiger partial charge on any atom is -0.310 e. The molecule has 3 heteroatoms. The second kappa shape index (κ2) is 7.11. The summed E-state index contributed by atoms with van der Waals surface area (Å²) in [5.74, 6) is 0.892. The van der Waals surface area contributed by atoms with Crippen molar-refractivity contribution in [2.24, 2.45) is 5.92 Å². The Balaban J connectivity index is 2.14. The maximum atomic E-state index is 6.15. The molecule has 2 rings (SSSR count). The van der Waals surface area contributed by atoms with E-state index < -0.39 is 0 Å². The highest BCUT2D eigenvalue weighted by Crippen LogP contribution is 2.35. The predicted octanol–water partition coefficient (Wildman–Crippen LogP) is 5.18. The number of nitrogens with one attached hydrogen (secondary N) is 1. The largest absolute Gasteiger partial charge is 0.310 e. The number of rotatable bonds is 5. The molecule has 1 aromatic carbocycles. The van der Waals surface area contributed by atoms with Crippen molar-refractivity contribution < 1.29 is 0 Å². The molecule has 0 amide bonds. The fourth-order valence-corrected chi connectivity index (χ4v) is 3.82. The molecule has 1 fully saturated rings. The second-order valence-electron chi connectivity index (χ2n) is 5.16. The Morgan fingerprint density at radius 1 is 1.39 bits per heavy atom. The number of benzene rings is 1. The second-order valence-corrected chi connectivity index (χ2v) is 6.76. The molecule has 1 unspecified atom stereocenters. The maximum absolute atomic E-state index is 6.15. The topological polar surface area (TPSA) is 12.0 Å². The Labute approximate surface area is 129 Å². The normalized spacial score (nSPS) is 18.2. The van der Waals surface area contributed by atoms with Gasteiger partial charge < -0.3 is 5.32 Å². The van der Waals surface area contributed by atoms with Crippen molar-refractivity contribution in [1.29, 1.82) is 0 Å². The van der Waals surface area contributed by atoms with E-state index in [2.05, 4.69) is 47.0 Å². The van der Waals surface area contributed by atoms with Gasteiger partial charge in [0.15, 0.2) is 0 Å². The van der Waals surface area contributed by atoms with Crippen molar-refractivity contribution in [1.82, 2.24) is 5.32 Å². The Morgan fingerprint density at radius 2 is 2.11 bits per heavy atom. The summed E-state index contributed by atoms with van der Waals surface area (Å²) in [7, 11) is 0. The van der Waals surface area contributed by atoms with E-state index >= 15 is 0 Å². The fourth-order valence-electron chi connectivity index (χ4n) is 2.93. The maximum Gasteiger partial charge on any atom is 0.0410 e. The van der Waals surface area contributed by atoms with Crippen LogP contribution in [0.3, 0.4) is 0 Å². The van der Waals surface area contributed by atoms with Gasteiger partial charge in [0.25, 0.3) is 0 Å². The summed E-state index contributed by atoms with van der Waals surface area (Å²) in [6, 6.07) is 6.69. The van der Waals surface area contributed by atoms with Crippen LogP contribution in [-0.2, 0) is 0 Å². The lowest BCUT2D eigenvalue weighted by Gasteiger charge is -2.23. The van der Waals surface area contributed by atoms with E-state index in [-0.39, 0.29) is 0 Å². The van der Waals surface area contributed by atoms with E-state index in [0.29, 0.717) is 6.04 Å². The van der Waals surface area contributed by atoms with Crippen molar-refractivity contribution in [2.75, 3.05) is 6.54 Å². The summed E-state index contributed by atoms with van der Waals surface area (Å²) in [4.78, 5) is 0. The molecule has 1 N–H and O–H groups in total. The first kappa shape index (κ1) is 14.6. The molecular weight excluding hydrogens is 357 g/mol. The van der Waals surface area contributed by atoms with Gasteiger partial charge in [0.1, 0.15) is 0 Å². The molecule has 0 aromatic heterocycles. The van der Waals surface area contributed by atoms with Crippen molar-refractivity contribution in [3.05, 3.63) is 32.4 Å². The molecule has 0 radical (unpaired) electrons. The third kappa shape index (κ3) is 3.84. The van der Waals surface area contributed by atoms with Crippen molar-refractivity contribution in [3.8, 4) is 0 Å². The zero-order valence-corrected chi connectivity index (χ0v) is 13.8. The fraction of sp³-hybridized carbons (Fsp3) is 0.600. The summed E-state index contributed by atoms with van der Waals surface area (Å²) in [5.41, 5.74) is 1.37. The van der Waals surface area contributed by atoms with E-state index in [1.165, 1.54) is 41.2 Å². The third-order valence-corrected chi connectivity index (χ3v) is 5.05. The molecule has 1 aliphatic rings. The monoisotopic (exact) mass is 377 g/mol. The van der Waals surface area contributed by atoms with Gasteiger partial charge in [-0.05, 0) is 65.2 Å². The predicted molar refractivity (Wildman–Crippen MR) is 87.2 cm³/mol. The Hall–Kier alpha value is 0.200. The summed E-state index contributed by atoms with van der Waals surface area (Å²) < 4.78 is 1.32. The average molecular weight is 378 g/mol. The van der Waals surface area contributed by atoms with Crippen LogP contribution in [-0.4, -0.2) is 6.54 Å². The lowest BCUT2D eigenvalue weighted by molar-refractivity contribution is 0.400. The highest BCUT2D eigenvalue weighted by Gasteiger charge is 2.22. The van der Waals surface area contributed by atoms with Crippen molar-refractivity contribution >= 4 is 34.2 Å². The third-order valence-electron chi connectivity index (χ3n) is 3.83. The SMILES string of the molecule is CCNC(CC1CCCC1)c1cc(Cl)ccc1I. The van der Waals surface area contributed by atoms with Crippen LogP contribution < -0.4 is 5.32 Å². The number of hydrogen-bond acceptors (Lipinski definition) is 1. The Bertz CT molecular complexity index is 388. The molecule has 1 atom stereocenters. The smallest absolute Gasteiger partial charge is 0.0410 e. The van der Waals surface area contributed by atoms with Crippen LogP contribution in [0.2, 0.25) is 5.02 Å². The molecule has 100 valence electrons. The zero-order valence-electron chi connectivity index (χ0n) is 10.9. The molecular formula is C15H21ClIN. The summed E-state index contributed by atoms with van der Waals surface area (Å²) in [6.07, 6.45) is 6.88. The van der Waals surface area contributed by atoms with E-state index in [9.17, 15) is 0 Å². The number of hydrogen-bond donors (Lipinski definition) is 1. The van der Waals surface area contributed by atoms with E-state index in [1.54, 1.807) is 0 Å². The van der Waals surface area contributed by atoms with Crippen LogP contribution in [0.25, 0.3) is 0 Å². The van der Waals surface area contributed by atoms with Gasteiger partial charge in [0, 0.05) is 14.6 Å². The standard InChI is InChI=1S/C15H21ClIN/c1-2-18-15(9-11-5-3-4-6-11)13-10-12(16)7-8-14(13)17/h7-8,10-11,15,18H,2-6,9H2,1H3. The van der Waals surface area contributed by atoms with Crippen LogP contribution in [0, 0.1) is 9.49 Å². The van der Waals surface area contributed by atoms with Gasteiger partial charge in [-0.3, -0.25) is 0 Å². The minimum atomic E-state index is 0.462. The van der Waals surface area contributed by atoms with Crippen LogP contribution >= 0.6 is 34.2 Å². The summed E-state index contributed by atoms with van der Waals surface area (Å²) >= 11 is 8.57. The van der Waals surface area contributed by atoms with Gasteiger partial charge in [0.2, 0.25) is 0 Å². The van der Waals surface area contributed by atoms with Crippen LogP contribution in [0.15, 0.2) is 18.2 Å². The average Bonchev–Trinajstić information content (AvgIpc) is 2.85. The highest BCUT2D eigenvalue weighted by molar-refractivity contribution is 14.1. The Morgan fingerprint density at radius 3 is 2.78 bits per heavy atom. The summed E-state index contributed by atoms with van der Waals surface area (Å²) in [6.45, 7) is 3.19.